The number of rotatable bonds is 3. The lowest BCUT2D eigenvalue weighted by atomic mass is 10.0. The number of hydrogen-bond acceptors (Lipinski definition) is 4. The van der Waals surface area contributed by atoms with Gasteiger partial charge in [0.05, 0.1) is 28.0 Å². The fourth-order valence-electron chi connectivity index (χ4n) is 1.71. The summed E-state index contributed by atoms with van der Waals surface area (Å²) in [5.41, 5.74) is 6.13. The zero-order chi connectivity index (χ0) is 12.5. The van der Waals surface area contributed by atoms with Gasteiger partial charge in [0.2, 0.25) is 0 Å². The highest BCUT2D eigenvalue weighted by molar-refractivity contribution is 6.42. The van der Waals surface area contributed by atoms with Gasteiger partial charge >= 0.3 is 0 Å². The lowest BCUT2D eigenvalue weighted by molar-refractivity contribution is 0.0382. The second-order valence-corrected chi connectivity index (χ2v) is 5.05. The van der Waals surface area contributed by atoms with E-state index in [1.807, 2.05) is 0 Å². The molecule has 1 heterocycles. The minimum Gasteiger partial charge on any atom is -0.397 e. The highest BCUT2D eigenvalue weighted by Crippen LogP contribution is 2.31. The van der Waals surface area contributed by atoms with E-state index >= 15 is 0 Å². The van der Waals surface area contributed by atoms with Gasteiger partial charge in [0, 0.05) is 19.6 Å². The first-order valence-electron chi connectivity index (χ1n) is 5.29. The normalized spacial score (nSPS) is 23.9. The molecule has 2 rings (SSSR count). The Morgan fingerprint density at radius 3 is 2.76 bits per heavy atom. The Balaban J connectivity index is 2.06. The molecule has 1 aliphatic heterocycles. The summed E-state index contributed by atoms with van der Waals surface area (Å²) in [5, 5.41) is 14.0. The molecule has 0 bridgehead atoms. The van der Waals surface area contributed by atoms with Gasteiger partial charge in [0.15, 0.2) is 0 Å². The number of nitrogen functional groups attached to an aromatic ring is 1. The third-order valence-corrected chi connectivity index (χ3v) is 3.50. The van der Waals surface area contributed by atoms with E-state index in [-0.39, 0.29) is 0 Å². The minimum absolute atomic E-state index is 0.335. The minimum atomic E-state index is -0.835. The van der Waals surface area contributed by atoms with Crippen molar-refractivity contribution in [2.75, 3.05) is 30.8 Å². The zero-order valence-corrected chi connectivity index (χ0v) is 10.7. The Morgan fingerprint density at radius 1 is 1.41 bits per heavy atom. The van der Waals surface area contributed by atoms with Crippen LogP contribution in [0.15, 0.2) is 12.1 Å². The molecule has 1 atom stereocenters. The average molecular weight is 277 g/mol. The van der Waals surface area contributed by atoms with Crippen LogP contribution in [0.1, 0.15) is 6.42 Å². The third-order valence-electron chi connectivity index (χ3n) is 2.78. The fraction of sp³-hybridized carbons (Fsp3) is 0.455. The van der Waals surface area contributed by atoms with Crippen LogP contribution in [0.25, 0.3) is 0 Å². The molecular formula is C11H14Cl2N2O2. The number of hydrogen-bond donors (Lipinski definition) is 3. The SMILES string of the molecule is Nc1cc(Cl)c(Cl)cc1NCC1(O)CCOC1. The van der Waals surface area contributed by atoms with Crippen molar-refractivity contribution >= 4 is 34.6 Å². The van der Waals surface area contributed by atoms with Crippen LogP contribution >= 0.6 is 23.2 Å². The van der Waals surface area contributed by atoms with Gasteiger partial charge < -0.3 is 20.9 Å². The summed E-state index contributed by atoms with van der Waals surface area (Å²) >= 11 is 11.7. The molecule has 0 amide bonds. The van der Waals surface area contributed by atoms with E-state index in [2.05, 4.69) is 5.32 Å². The molecule has 1 aromatic carbocycles. The second-order valence-electron chi connectivity index (χ2n) is 4.23. The van der Waals surface area contributed by atoms with Crippen molar-refractivity contribution in [2.45, 2.75) is 12.0 Å². The van der Waals surface area contributed by atoms with Crippen molar-refractivity contribution in [3.05, 3.63) is 22.2 Å². The largest absolute Gasteiger partial charge is 0.397 e. The first-order valence-corrected chi connectivity index (χ1v) is 6.04. The monoisotopic (exact) mass is 276 g/mol. The van der Waals surface area contributed by atoms with Crippen LogP contribution < -0.4 is 11.1 Å². The van der Waals surface area contributed by atoms with E-state index in [1.54, 1.807) is 12.1 Å². The van der Waals surface area contributed by atoms with Crippen molar-refractivity contribution in [3.63, 3.8) is 0 Å². The Labute approximate surface area is 110 Å². The number of halogens is 2. The lowest BCUT2D eigenvalue weighted by Gasteiger charge is -2.22. The first-order chi connectivity index (χ1) is 8.00. The van der Waals surface area contributed by atoms with Crippen LogP contribution in [-0.4, -0.2) is 30.5 Å². The van der Waals surface area contributed by atoms with Crippen LogP contribution in [0.4, 0.5) is 11.4 Å². The molecule has 0 aromatic heterocycles. The van der Waals surface area contributed by atoms with E-state index in [1.165, 1.54) is 0 Å². The van der Waals surface area contributed by atoms with Crippen LogP contribution in [0, 0.1) is 0 Å². The van der Waals surface area contributed by atoms with Crippen LogP contribution in [0.3, 0.4) is 0 Å². The predicted octanol–water partition coefficient (Wildman–Crippen LogP) is 2.14. The molecule has 1 fully saturated rings. The highest BCUT2D eigenvalue weighted by atomic mass is 35.5. The molecule has 4 N–H and O–H groups in total. The van der Waals surface area contributed by atoms with Gasteiger partial charge in [-0.05, 0) is 12.1 Å². The van der Waals surface area contributed by atoms with Gasteiger partial charge in [0.1, 0.15) is 5.60 Å². The molecule has 17 heavy (non-hydrogen) atoms. The Kier molecular flexibility index (Phi) is 3.68. The average Bonchev–Trinajstić information content (AvgIpc) is 2.69. The Morgan fingerprint density at radius 2 is 2.12 bits per heavy atom. The van der Waals surface area contributed by atoms with Gasteiger partial charge in [-0.1, -0.05) is 23.2 Å². The summed E-state index contributed by atoms with van der Waals surface area (Å²) in [5.74, 6) is 0. The molecule has 0 radical (unpaired) electrons. The molecule has 6 heteroatoms. The molecule has 4 nitrogen and oxygen atoms in total. The van der Waals surface area contributed by atoms with Crippen molar-refractivity contribution in [1.29, 1.82) is 0 Å². The number of aliphatic hydroxyl groups is 1. The highest BCUT2D eigenvalue weighted by Gasteiger charge is 2.32. The fourth-order valence-corrected chi connectivity index (χ4v) is 2.05. The molecule has 94 valence electrons. The maximum Gasteiger partial charge on any atom is 0.107 e. The van der Waals surface area contributed by atoms with Crippen molar-refractivity contribution in [3.8, 4) is 0 Å². The van der Waals surface area contributed by atoms with Gasteiger partial charge in [-0.3, -0.25) is 0 Å². The number of benzene rings is 1. The number of anilines is 2. The van der Waals surface area contributed by atoms with E-state index in [0.717, 1.165) is 0 Å². The lowest BCUT2D eigenvalue weighted by Crippen LogP contribution is -2.37. The summed E-state index contributed by atoms with van der Waals surface area (Å²) in [7, 11) is 0. The molecule has 1 aromatic rings. The molecular weight excluding hydrogens is 263 g/mol. The van der Waals surface area contributed by atoms with Crippen LogP contribution in [-0.2, 0) is 4.74 Å². The van der Waals surface area contributed by atoms with Gasteiger partial charge in [-0.15, -0.1) is 0 Å². The van der Waals surface area contributed by atoms with Crippen molar-refractivity contribution < 1.29 is 9.84 Å². The van der Waals surface area contributed by atoms with Gasteiger partial charge in [0.25, 0.3) is 0 Å². The maximum atomic E-state index is 10.1. The van der Waals surface area contributed by atoms with Crippen molar-refractivity contribution in [2.24, 2.45) is 0 Å². The Bertz CT molecular complexity index is 420. The maximum absolute atomic E-state index is 10.1. The topological polar surface area (TPSA) is 67.5 Å². The molecule has 0 saturated carbocycles. The standard InChI is InChI=1S/C11H14Cl2N2O2/c12-7-3-9(14)10(4-8(7)13)15-5-11(16)1-2-17-6-11/h3-4,15-16H,1-2,5-6,14H2. The number of ether oxygens (including phenoxy) is 1. The second kappa shape index (κ2) is 4.90. The van der Waals surface area contributed by atoms with E-state index < -0.39 is 5.60 Å². The molecule has 0 spiro atoms. The Hall–Kier alpha value is -0.680. The van der Waals surface area contributed by atoms with Crippen molar-refractivity contribution in [1.82, 2.24) is 0 Å². The third kappa shape index (κ3) is 2.96. The molecule has 1 aliphatic rings. The molecule has 1 saturated heterocycles. The smallest absolute Gasteiger partial charge is 0.107 e. The number of nitrogens with one attached hydrogen (secondary N) is 1. The summed E-state index contributed by atoms with van der Waals surface area (Å²) < 4.78 is 5.15. The van der Waals surface area contributed by atoms with E-state index in [9.17, 15) is 5.11 Å². The summed E-state index contributed by atoms with van der Waals surface area (Å²) in [6, 6.07) is 3.24. The van der Waals surface area contributed by atoms with Crippen LogP contribution in [0.2, 0.25) is 10.0 Å². The summed E-state index contributed by atoms with van der Waals surface area (Å²) in [6.45, 7) is 1.28. The summed E-state index contributed by atoms with van der Waals surface area (Å²) in [4.78, 5) is 0. The summed E-state index contributed by atoms with van der Waals surface area (Å²) in [6.07, 6.45) is 0.612. The predicted molar refractivity (Wildman–Crippen MR) is 69.7 cm³/mol. The molecule has 1 unspecified atom stereocenters. The quantitative estimate of drug-likeness (QED) is 0.740. The molecule has 0 aliphatic carbocycles. The van der Waals surface area contributed by atoms with Gasteiger partial charge in [-0.2, -0.15) is 0 Å². The van der Waals surface area contributed by atoms with E-state index in [0.29, 0.717) is 47.6 Å². The van der Waals surface area contributed by atoms with Crippen LogP contribution in [0.5, 0.6) is 0 Å². The first kappa shape index (κ1) is 12.8. The number of nitrogens with two attached hydrogens (primary N) is 1. The zero-order valence-electron chi connectivity index (χ0n) is 9.17. The van der Waals surface area contributed by atoms with Gasteiger partial charge in [-0.25, -0.2) is 0 Å². The van der Waals surface area contributed by atoms with E-state index in [4.69, 9.17) is 33.7 Å².